The number of aromatic hydroxyl groups is 1. The van der Waals surface area contributed by atoms with E-state index in [-0.39, 0.29) is 22.0 Å². The van der Waals surface area contributed by atoms with Gasteiger partial charge in [0.05, 0.1) is 24.0 Å². The van der Waals surface area contributed by atoms with Crippen LogP contribution < -0.4 is 10.0 Å². The Kier molecular flexibility index (Phi) is 9.85. The van der Waals surface area contributed by atoms with Crippen LogP contribution in [0.2, 0.25) is 18.1 Å². The van der Waals surface area contributed by atoms with Crippen molar-refractivity contribution in [1.82, 2.24) is 5.32 Å². The van der Waals surface area contributed by atoms with E-state index in [0.717, 1.165) is 22.9 Å². The van der Waals surface area contributed by atoms with Gasteiger partial charge in [-0.05, 0) is 74.1 Å². The summed E-state index contributed by atoms with van der Waals surface area (Å²) in [6.07, 6.45) is 1.31. The van der Waals surface area contributed by atoms with Crippen molar-refractivity contribution < 1.29 is 27.9 Å². The number of phenols is 1. The molecule has 0 aliphatic carbocycles. The number of phenolic OH excluding ortho intramolecular Hbond substituents is 1. The number of sulfonamides is 1. The van der Waals surface area contributed by atoms with Gasteiger partial charge in [0.2, 0.25) is 10.0 Å². The quantitative estimate of drug-likeness (QED) is 0.195. The Labute approximate surface area is 229 Å². The molecule has 0 bridgehead atoms. The van der Waals surface area contributed by atoms with Gasteiger partial charge in [0.1, 0.15) is 5.75 Å². The highest BCUT2D eigenvalue weighted by Crippen LogP contribution is 2.40. The van der Waals surface area contributed by atoms with E-state index in [1.165, 1.54) is 6.07 Å². The predicted octanol–water partition coefficient (Wildman–Crippen LogP) is 5.63. The van der Waals surface area contributed by atoms with Crippen molar-refractivity contribution in [2.24, 2.45) is 0 Å². The van der Waals surface area contributed by atoms with Gasteiger partial charge in [0, 0.05) is 12.1 Å². The number of rotatable bonds is 12. The molecule has 8 nitrogen and oxygen atoms in total. The largest absolute Gasteiger partial charge is 0.506 e. The van der Waals surface area contributed by atoms with Crippen LogP contribution >= 0.6 is 0 Å². The first-order chi connectivity index (χ1) is 17.2. The zero-order valence-electron chi connectivity index (χ0n) is 24.0. The van der Waals surface area contributed by atoms with E-state index in [1.54, 1.807) is 19.1 Å². The third-order valence-corrected chi connectivity index (χ3v) is 12.2. The SMILES string of the molecule is CC(C(=O)O)c1cccc(CC(C)(C)NC[C@H](O[Si](C)(C)C(C)(C)C)c2ccc(O)c(NS(C)(=O)=O)c2)c1. The summed E-state index contributed by atoms with van der Waals surface area (Å²) in [5, 5.41) is 23.2. The first-order valence-corrected chi connectivity index (χ1v) is 17.6. The lowest BCUT2D eigenvalue weighted by Crippen LogP contribution is -2.47. The molecular weight excluding hydrogens is 520 g/mol. The highest BCUT2D eigenvalue weighted by atomic mass is 32.2. The average Bonchev–Trinajstić information content (AvgIpc) is 2.75. The van der Waals surface area contributed by atoms with E-state index in [2.05, 4.69) is 57.8 Å². The van der Waals surface area contributed by atoms with Crippen molar-refractivity contribution in [2.45, 2.75) is 83.7 Å². The van der Waals surface area contributed by atoms with Crippen LogP contribution in [0.4, 0.5) is 5.69 Å². The molecule has 4 N–H and O–H groups in total. The van der Waals surface area contributed by atoms with Crippen molar-refractivity contribution in [3.05, 3.63) is 59.2 Å². The maximum absolute atomic E-state index is 11.8. The van der Waals surface area contributed by atoms with Crippen LogP contribution in [0.5, 0.6) is 5.75 Å². The van der Waals surface area contributed by atoms with Gasteiger partial charge < -0.3 is 20.0 Å². The summed E-state index contributed by atoms with van der Waals surface area (Å²) in [5.74, 6) is -1.60. The van der Waals surface area contributed by atoms with Crippen molar-refractivity contribution in [1.29, 1.82) is 0 Å². The second-order valence-electron chi connectivity index (χ2n) is 12.3. The van der Waals surface area contributed by atoms with Crippen molar-refractivity contribution in [3.63, 3.8) is 0 Å². The Hall–Kier alpha value is -2.40. The Morgan fingerprint density at radius 3 is 2.24 bits per heavy atom. The normalized spacial score (nSPS) is 14.7. The number of hydrogen-bond donors (Lipinski definition) is 4. The summed E-state index contributed by atoms with van der Waals surface area (Å²) < 4.78 is 32.8. The maximum atomic E-state index is 11.8. The molecule has 38 heavy (non-hydrogen) atoms. The van der Waals surface area contributed by atoms with Gasteiger partial charge in [0.25, 0.3) is 0 Å². The van der Waals surface area contributed by atoms with Gasteiger partial charge in [-0.25, -0.2) is 8.42 Å². The van der Waals surface area contributed by atoms with Crippen LogP contribution in [0.15, 0.2) is 42.5 Å². The van der Waals surface area contributed by atoms with Gasteiger partial charge in [-0.3, -0.25) is 9.52 Å². The summed E-state index contributed by atoms with van der Waals surface area (Å²) in [6, 6.07) is 12.5. The number of carboxylic acids is 1. The zero-order chi connectivity index (χ0) is 29.1. The molecule has 0 amide bonds. The molecule has 0 spiro atoms. The third kappa shape index (κ3) is 9.11. The molecule has 0 radical (unpaired) electrons. The molecule has 1 unspecified atom stereocenters. The monoisotopic (exact) mass is 564 g/mol. The Morgan fingerprint density at radius 1 is 1.05 bits per heavy atom. The third-order valence-electron chi connectivity index (χ3n) is 7.16. The second kappa shape index (κ2) is 11.8. The van der Waals surface area contributed by atoms with Crippen LogP contribution in [-0.4, -0.2) is 51.3 Å². The van der Waals surface area contributed by atoms with E-state index in [4.69, 9.17) is 4.43 Å². The minimum absolute atomic E-state index is 0.0488. The first kappa shape index (κ1) is 31.8. The van der Waals surface area contributed by atoms with Crippen molar-refractivity contribution in [2.75, 3.05) is 17.5 Å². The fourth-order valence-corrected chi connectivity index (χ4v) is 5.70. The molecular formula is C28H44N2O6SSi. The van der Waals surface area contributed by atoms with E-state index < -0.39 is 36.3 Å². The number of carbonyl (C=O) groups is 1. The molecule has 0 aliphatic heterocycles. The van der Waals surface area contributed by atoms with Crippen LogP contribution in [0, 0.1) is 0 Å². The molecule has 0 aliphatic rings. The topological polar surface area (TPSA) is 125 Å². The van der Waals surface area contributed by atoms with Crippen LogP contribution in [0.3, 0.4) is 0 Å². The maximum Gasteiger partial charge on any atom is 0.310 e. The molecule has 2 aromatic carbocycles. The molecule has 2 atom stereocenters. The van der Waals surface area contributed by atoms with E-state index in [0.29, 0.717) is 13.0 Å². The van der Waals surface area contributed by atoms with Gasteiger partial charge in [0.15, 0.2) is 8.32 Å². The molecule has 10 heteroatoms. The van der Waals surface area contributed by atoms with Crippen LogP contribution in [0.25, 0.3) is 0 Å². The molecule has 2 rings (SSSR count). The van der Waals surface area contributed by atoms with Gasteiger partial charge in [-0.2, -0.15) is 0 Å². The number of anilines is 1. The summed E-state index contributed by atoms with van der Waals surface area (Å²) in [4.78, 5) is 11.4. The minimum Gasteiger partial charge on any atom is -0.506 e. The number of aliphatic carboxylic acids is 1. The first-order valence-electron chi connectivity index (χ1n) is 12.8. The second-order valence-corrected chi connectivity index (χ2v) is 18.8. The number of nitrogens with one attached hydrogen (secondary N) is 2. The van der Waals surface area contributed by atoms with Crippen molar-refractivity contribution in [3.8, 4) is 5.75 Å². The molecule has 0 heterocycles. The summed E-state index contributed by atoms with van der Waals surface area (Å²) in [6.45, 7) is 17.1. The van der Waals surface area contributed by atoms with Crippen LogP contribution in [0.1, 0.15) is 70.3 Å². The van der Waals surface area contributed by atoms with Crippen LogP contribution in [-0.2, 0) is 25.7 Å². The lowest BCUT2D eigenvalue weighted by molar-refractivity contribution is -0.138. The fourth-order valence-electron chi connectivity index (χ4n) is 3.85. The molecule has 0 fully saturated rings. The number of benzene rings is 2. The van der Waals surface area contributed by atoms with E-state index in [1.807, 2.05) is 24.3 Å². The standard InChI is InChI=1S/C28H44N2O6SSi/c1-19(26(32)33)21-12-10-11-20(15-21)17-28(5,6)29-18-25(36-38(8,9)27(2,3)4)22-13-14-24(31)23(16-22)30-37(7,34)35/h10-16,19,25,29-31H,17-18H2,1-9H3,(H,32,33)/t19?,25-/m0/s1. The van der Waals surface area contributed by atoms with Gasteiger partial charge >= 0.3 is 5.97 Å². The highest BCUT2D eigenvalue weighted by Gasteiger charge is 2.40. The number of carboxylic acid groups (broad SMARTS) is 1. The average molecular weight is 565 g/mol. The molecule has 212 valence electrons. The highest BCUT2D eigenvalue weighted by molar-refractivity contribution is 7.92. The molecule has 0 saturated carbocycles. The smallest absolute Gasteiger partial charge is 0.310 e. The summed E-state index contributed by atoms with van der Waals surface area (Å²) >= 11 is 0. The Bertz CT molecular complexity index is 1240. The molecule has 2 aromatic rings. The van der Waals surface area contributed by atoms with E-state index >= 15 is 0 Å². The summed E-state index contributed by atoms with van der Waals surface area (Å²) in [5.41, 5.74) is 2.29. The number of hydrogen-bond acceptors (Lipinski definition) is 6. The summed E-state index contributed by atoms with van der Waals surface area (Å²) in [7, 11) is -5.81. The Balaban J connectivity index is 2.34. The van der Waals surface area contributed by atoms with Gasteiger partial charge in [-0.1, -0.05) is 51.1 Å². The molecule has 0 saturated heterocycles. The fraction of sp³-hybridized carbons (Fsp3) is 0.536. The zero-order valence-corrected chi connectivity index (χ0v) is 25.9. The van der Waals surface area contributed by atoms with Gasteiger partial charge in [-0.15, -0.1) is 0 Å². The minimum atomic E-state index is -3.58. The Morgan fingerprint density at radius 2 is 1.68 bits per heavy atom. The van der Waals surface area contributed by atoms with Crippen molar-refractivity contribution >= 4 is 30.0 Å². The predicted molar refractivity (Wildman–Crippen MR) is 156 cm³/mol. The van der Waals surface area contributed by atoms with E-state index in [9.17, 15) is 23.4 Å². The lowest BCUT2D eigenvalue weighted by atomic mass is 9.91. The molecule has 0 aromatic heterocycles. The lowest BCUT2D eigenvalue weighted by Gasteiger charge is -2.40.